The van der Waals surface area contributed by atoms with Crippen LogP contribution in [0, 0.1) is 17.0 Å². The number of sulfonamides is 1. The lowest BCUT2D eigenvalue weighted by molar-refractivity contribution is 0.0652. The van der Waals surface area contributed by atoms with Crippen LogP contribution in [-0.2, 0) is 15.4 Å². The molecule has 7 nitrogen and oxygen atoms in total. The number of fused-ring (bicyclic) bond motifs is 5. The van der Waals surface area contributed by atoms with E-state index in [-0.39, 0.29) is 28.5 Å². The summed E-state index contributed by atoms with van der Waals surface area (Å²) in [4.78, 5) is 15.3. The van der Waals surface area contributed by atoms with Gasteiger partial charge in [-0.1, -0.05) is 19.9 Å². The molecule has 3 aromatic rings. The van der Waals surface area contributed by atoms with Gasteiger partial charge in [0.15, 0.2) is 0 Å². The van der Waals surface area contributed by atoms with Gasteiger partial charge in [-0.3, -0.25) is 9.52 Å². The number of aromatic nitrogens is 2. The van der Waals surface area contributed by atoms with Crippen LogP contribution in [0.1, 0.15) is 61.1 Å². The quantitative estimate of drug-likeness (QED) is 0.450. The number of carbonyl (C=O) groups excluding carboxylic acids is 1. The number of amides is 1. The Hall–Kier alpha value is -3.40. The minimum atomic E-state index is -3.42. The van der Waals surface area contributed by atoms with Crippen molar-refractivity contribution in [2.45, 2.75) is 44.9 Å². The summed E-state index contributed by atoms with van der Waals surface area (Å²) in [7, 11) is -3.42. The maximum atomic E-state index is 14.5. The van der Waals surface area contributed by atoms with Gasteiger partial charge in [0.05, 0.1) is 23.2 Å². The van der Waals surface area contributed by atoms with Gasteiger partial charge in [0.25, 0.3) is 5.91 Å². The first-order valence-corrected chi connectivity index (χ1v) is 14.5. The van der Waals surface area contributed by atoms with Crippen molar-refractivity contribution in [3.8, 4) is 11.3 Å². The van der Waals surface area contributed by atoms with E-state index in [2.05, 4.69) is 28.8 Å². The molecule has 10 heteroatoms. The van der Waals surface area contributed by atoms with Crippen LogP contribution in [0.15, 0.2) is 48.5 Å². The number of rotatable bonds is 7. The fourth-order valence-electron chi connectivity index (χ4n) is 6.37. The van der Waals surface area contributed by atoms with Crippen molar-refractivity contribution in [1.29, 1.82) is 0 Å². The minimum Gasteiger partial charge on any atom is -0.338 e. The van der Waals surface area contributed by atoms with Crippen molar-refractivity contribution >= 4 is 21.6 Å². The Morgan fingerprint density at radius 3 is 2.37 bits per heavy atom. The molecule has 2 atom stereocenters. The van der Waals surface area contributed by atoms with Crippen LogP contribution in [0.2, 0.25) is 0 Å². The largest absolute Gasteiger partial charge is 0.338 e. The van der Waals surface area contributed by atoms with E-state index in [1.54, 1.807) is 35.2 Å². The number of hydrogen-bond acceptors (Lipinski definition) is 5. The lowest BCUT2D eigenvalue weighted by Crippen LogP contribution is -2.48. The van der Waals surface area contributed by atoms with Crippen molar-refractivity contribution in [2.24, 2.45) is 5.41 Å². The summed E-state index contributed by atoms with van der Waals surface area (Å²) in [6.45, 7) is 7.13. The normalized spacial score (nSPS) is 21.3. The molecule has 200 valence electrons. The van der Waals surface area contributed by atoms with Crippen molar-refractivity contribution in [3.63, 3.8) is 0 Å². The van der Waals surface area contributed by atoms with Crippen LogP contribution in [-0.4, -0.2) is 48.8 Å². The lowest BCUT2D eigenvalue weighted by atomic mass is 9.68. The first kappa shape index (κ1) is 26.2. The highest BCUT2D eigenvalue weighted by Gasteiger charge is 2.64. The molecule has 1 amide bonds. The summed E-state index contributed by atoms with van der Waals surface area (Å²) in [5.74, 6) is -1.41. The number of hydrogen-bond donors (Lipinski definition) is 1. The van der Waals surface area contributed by atoms with Gasteiger partial charge >= 0.3 is 0 Å². The van der Waals surface area contributed by atoms with Gasteiger partial charge in [-0.2, -0.15) is 10.2 Å². The standard InChI is InChI=1S/C28H30F2N4O3S/c1-5-34(26(35)17-9-11-18(12-10-17)33-38(4,36)37)16-28-14-13-20(27(28,2)3)19-15-23(31-32-25(19)28)24-21(29)7-6-8-22(24)30/h6-12,15,20,33H,5,13-14,16H2,1-4H3/t20-,28-/m0/s1. The van der Waals surface area contributed by atoms with Gasteiger partial charge in [-0.25, -0.2) is 17.2 Å². The second-order valence-corrected chi connectivity index (χ2v) is 12.5. The maximum Gasteiger partial charge on any atom is 0.253 e. The van der Waals surface area contributed by atoms with Crippen LogP contribution < -0.4 is 4.72 Å². The van der Waals surface area contributed by atoms with Gasteiger partial charge < -0.3 is 4.90 Å². The molecular weight excluding hydrogens is 510 g/mol. The zero-order valence-electron chi connectivity index (χ0n) is 21.8. The molecule has 1 N–H and O–H groups in total. The molecule has 2 aliphatic rings. The van der Waals surface area contributed by atoms with E-state index in [4.69, 9.17) is 0 Å². The molecule has 0 spiro atoms. The molecule has 1 fully saturated rings. The van der Waals surface area contributed by atoms with Crippen molar-refractivity contribution in [2.75, 3.05) is 24.1 Å². The van der Waals surface area contributed by atoms with E-state index < -0.39 is 27.1 Å². The summed E-state index contributed by atoms with van der Waals surface area (Å²) in [5.41, 5.74) is 1.83. The molecule has 0 aliphatic heterocycles. The molecule has 2 aliphatic carbocycles. The predicted molar refractivity (Wildman–Crippen MR) is 141 cm³/mol. The Kier molecular flexibility index (Phi) is 6.29. The van der Waals surface area contributed by atoms with E-state index in [0.29, 0.717) is 24.3 Å². The third kappa shape index (κ3) is 4.15. The molecule has 1 aromatic heterocycles. The molecule has 1 saturated carbocycles. The van der Waals surface area contributed by atoms with Gasteiger partial charge in [0, 0.05) is 29.8 Å². The number of benzene rings is 2. The number of nitrogens with zero attached hydrogens (tertiary/aromatic N) is 3. The average Bonchev–Trinajstić information content (AvgIpc) is 3.21. The first-order chi connectivity index (χ1) is 17.9. The van der Waals surface area contributed by atoms with E-state index >= 15 is 0 Å². The fraction of sp³-hybridized carbons (Fsp3) is 0.393. The summed E-state index contributed by atoms with van der Waals surface area (Å²) in [6.07, 6.45) is 2.77. The van der Waals surface area contributed by atoms with Gasteiger partial charge in [0.1, 0.15) is 11.6 Å². The third-order valence-corrected chi connectivity index (χ3v) is 9.01. The van der Waals surface area contributed by atoms with Crippen molar-refractivity contribution < 1.29 is 22.0 Å². The van der Waals surface area contributed by atoms with Gasteiger partial charge in [-0.15, -0.1) is 0 Å². The Labute approximate surface area is 221 Å². The van der Waals surface area contributed by atoms with Crippen LogP contribution in [0.5, 0.6) is 0 Å². The van der Waals surface area contributed by atoms with E-state index in [0.717, 1.165) is 30.4 Å². The number of carbonyl (C=O) groups is 1. The highest BCUT2D eigenvalue weighted by atomic mass is 32.2. The Morgan fingerprint density at radius 2 is 1.76 bits per heavy atom. The summed E-state index contributed by atoms with van der Waals surface area (Å²) in [6, 6.07) is 11.8. The second-order valence-electron chi connectivity index (χ2n) is 10.8. The molecule has 1 heterocycles. The number of anilines is 1. The fourth-order valence-corrected chi connectivity index (χ4v) is 6.94. The molecule has 2 aromatic carbocycles. The van der Waals surface area contributed by atoms with E-state index in [9.17, 15) is 22.0 Å². The van der Waals surface area contributed by atoms with Gasteiger partial charge in [-0.05, 0) is 79.1 Å². The van der Waals surface area contributed by atoms with Crippen molar-refractivity contribution in [3.05, 3.63) is 77.0 Å². The predicted octanol–water partition coefficient (Wildman–Crippen LogP) is 5.11. The van der Waals surface area contributed by atoms with Crippen molar-refractivity contribution in [1.82, 2.24) is 15.1 Å². The molecule has 0 radical (unpaired) electrons. The zero-order chi connectivity index (χ0) is 27.5. The lowest BCUT2D eigenvalue weighted by Gasteiger charge is -2.41. The van der Waals surface area contributed by atoms with Crippen LogP contribution in [0.4, 0.5) is 14.5 Å². The minimum absolute atomic E-state index is 0.122. The highest BCUT2D eigenvalue weighted by molar-refractivity contribution is 7.92. The Morgan fingerprint density at radius 1 is 1.11 bits per heavy atom. The monoisotopic (exact) mass is 540 g/mol. The van der Waals surface area contributed by atoms with Crippen LogP contribution in [0.3, 0.4) is 0 Å². The topological polar surface area (TPSA) is 92.3 Å². The molecule has 0 saturated heterocycles. The summed E-state index contributed by atoms with van der Waals surface area (Å²) in [5, 5.41) is 8.80. The molecule has 5 rings (SSSR count). The van der Waals surface area contributed by atoms with Crippen LogP contribution >= 0.6 is 0 Å². The number of halogens is 2. The zero-order valence-corrected chi connectivity index (χ0v) is 22.6. The smallest absolute Gasteiger partial charge is 0.253 e. The third-order valence-electron chi connectivity index (χ3n) is 8.40. The highest BCUT2D eigenvalue weighted by Crippen LogP contribution is 2.67. The molecular formula is C28H30F2N4O3S. The van der Waals surface area contributed by atoms with E-state index in [1.165, 1.54) is 18.2 Å². The maximum absolute atomic E-state index is 14.5. The second kappa shape index (κ2) is 9.11. The first-order valence-electron chi connectivity index (χ1n) is 12.6. The summed E-state index contributed by atoms with van der Waals surface area (Å²) < 4.78 is 54.4. The Balaban J connectivity index is 1.48. The SMILES string of the molecule is CCN(C[C@@]12CC[C@@H](c3cc(-c4c(F)cccc4F)nnc31)C2(C)C)C(=O)c1ccc(NS(C)(=O)=O)cc1. The molecule has 2 bridgehead atoms. The number of nitrogens with one attached hydrogen (secondary N) is 1. The average molecular weight is 541 g/mol. The number of likely N-dealkylation sites (N-methyl/N-ethyl adjacent to an activating group) is 1. The Bertz CT molecular complexity index is 1510. The molecule has 0 unspecified atom stereocenters. The summed E-state index contributed by atoms with van der Waals surface area (Å²) >= 11 is 0. The van der Waals surface area contributed by atoms with E-state index in [1.807, 2.05) is 6.92 Å². The van der Waals surface area contributed by atoms with Crippen LogP contribution in [0.25, 0.3) is 11.3 Å². The molecule has 38 heavy (non-hydrogen) atoms. The van der Waals surface area contributed by atoms with Gasteiger partial charge in [0.2, 0.25) is 10.0 Å².